The van der Waals surface area contributed by atoms with Crippen molar-refractivity contribution in [1.29, 1.82) is 0 Å². The van der Waals surface area contributed by atoms with E-state index in [4.69, 9.17) is 0 Å². The van der Waals surface area contributed by atoms with Gasteiger partial charge in [-0.15, -0.1) is 0 Å². The summed E-state index contributed by atoms with van der Waals surface area (Å²) in [5, 5.41) is 3.42. The average molecular weight is 308 g/mol. The standard InChI is InChI=1S/C18H29NOS/c1-14-9-15(2)11-16(10-14)12-21(20)13-18(19-3)17-7-5-4-6-8-17/h9-11,17-19H,4-8,12-13H2,1-3H3. The fourth-order valence-electron chi connectivity index (χ4n) is 3.59. The summed E-state index contributed by atoms with van der Waals surface area (Å²) in [5.41, 5.74) is 3.74. The molecule has 2 nitrogen and oxygen atoms in total. The van der Waals surface area contributed by atoms with Crippen molar-refractivity contribution >= 4 is 10.8 Å². The highest BCUT2D eigenvalue weighted by Crippen LogP contribution is 2.27. The molecule has 1 aliphatic carbocycles. The molecule has 1 aliphatic rings. The van der Waals surface area contributed by atoms with Crippen LogP contribution in [0.25, 0.3) is 0 Å². The third kappa shape index (κ3) is 5.23. The molecular formula is C18H29NOS. The topological polar surface area (TPSA) is 29.1 Å². The smallest absolute Gasteiger partial charge is 0.0486 e. The summed E-state index contributed by atoms with van der Waals surface area (Å²) in [5.74, 6) is 2.19. The molecule has 2 unspecified atom stereocenters. The van der Waals surface area contributed by atoms with E-state index in [-0.39, 0.29) is 0 Å². The van der Waals surface area contributed by atoms with Crippen LogP contribution >= 0.6 is 0 Å². The molecule has 0 amide bonds. The van der Waals surface area contributed by atoms with E-state index in [1.165, 1.54) is 48.8 Å². The van der Waals surface area contributed by atoms with Gasteiger partial charge in [-0.25, -0.2) is 0 Å². The van der Waals surface area contributed by atoms with Crippen LogP contribution in [-0.2, 0) is 16.6 Å². The second-order valence-corrected chi connectivity index (χ2v) is 8.04. The zero-order valence-electron chi connectivity index (χ0n) is 13.7. The first-order valence-corrected chi connectivity index (χ1v) is 9.66. The zero-order chi connectivity index (χ0) is 15.2. The van der Waals surface area contributed by atoms with Crippen molar-refractivity contribution in [2.75, 3.05) is 12.8 Å². The Morgan fingerprint density at radius 1 is 1.14 bits per heavy atom. The maximum Gasteiger partial charge on any atom is 0.0486 e. The fourth-order valence-corrected chi connectivity index (χ4v) is 5.08. The molecule has 21 heavy (non-hydrogen) atoms. The number of aryl methyl sites for hydroxylation is 2. The Labute approximate surface area is 132 Å². The summed E-state index contributed by atoms with van der Waals surface area (Å²) in [6, 6.07) is 6.92. The van der Waals surface area contributed by atoms with Crippen LogP contribution in [0.5, 0.6) is 0 Å². The van der Waals surface area contributed by atoms with E-state index in [1.807, 2.05) is 7.05 Å². The number of rotatable bonds is 6. The third-order valence-electron chi connectivity index (χ3n) is 4.56. The van der Waals surface area contributed by atoms with Gasteiger partial charge < -0.3 is 5.32 Å². The van der Waals surface area contributed by atoms with Gasteiger partial charge in [-0.05, 0) is 45.2 Å². The van der Waals surface area contributed by atoms with Crippen molar-refractivity contribution in [1.82, 2.24) is 5.32 Å². The predicted octanol–water partition coefficient (Wildman–Crippen LogP) is 3.72. The highest BCUT2D eigenvalue weighted by molar-refractivity contribution is 7.84. The largest absolute Gasteiger partial charge is 0.316 e. The molecule has 1 aromatic carbocycles. The Hall–Kier alpha value is -0.670. The fraction of sp³-hybridized carbons (Fsp3) is 0.667. The van der Waals surface area contributed by atoms with E-state index < -0.39 is 10.8 Å². The maximum atomic E-state index is 12.5. The average Bonchev–Trinajstić information content (AvgIpc) is 2.44. The highest BCUT2D eigenvalue weighted by Gasteiger charge is 2.24. The molecule has 1 aromatic rings. The minimum Gasteiger partial charge on any atom is -0.316 e. The van der Waals surface area contributed by atoms with E-state index in [9.17, 15) is 4.21 Å². The molecule has 0 radical (unpaired) electrons. The number of hydrogen-bond donors (Lipinski definition) is 1. The van der Waals surface area contributed by atoms with Gasteiger partial charge in [-0.1, -0.05) is 48.6 Å². The molecule has 3 heteroatoms. The summed E-state index contributed by atoms with van der Waals surface area (Å²) < 4.78 is 12.5. The molecule has 2 rings (SSSR count). The van der Waals surface area contributed by atoms with Crippen LogP contribution in [0.1, 0.15) is 48.8 Å². The van der Waals surface area contributed by atoms with E-state index >= 15 is 0 Å². The van der Waals surface area contributed by atoms with Crippen LogP contribution in [0.3, 0.4) is 0 Å². The Bertz CT molecular complexity index is 460. The molecular weight excluding hydrogens is 278 g/mol. The van der Waals surface area contributed by atoms with Crippen LogP contribution in [0.2, 0.25) is 0 Å². The lowest BCUT2D eigenvalue weighted by Crippen LogP contribution is -2.39. The van der Waals surface area contributed by atoms with E-state index in [2.05, 4.69) is 37.4 Å². The SMILES string of the molecule is CNC(CS(=O)Cc1cc(C)cc(C)c1)C1CCCCC1. The van der Waals surface area contributed by atoms with Gasteiger partial charge in [0.2, 0.25) is 0 Å². The first kappa shape index (κ1) is 16.7. The van der Waals surface area contributed by atoms with Gasteiger partial charge in [0, 0.05) is 28.3 Å². The first-order chi connectivity index (χ1) is 10.1. The highest BCUT2D eigenvalue weighted by atomic mass is 32.2. The Kier molecular flexibility index (Phi) is 6.43. The number of benzene rings is 1. The van der Waals surface area contributed by atoms with E-state index in [0.29, 0.717) is 17.7 Å². The molecule has 118 valence electrons. The predicted molar refractivity (Wildman–Crippen MR) is 92.1 cm³/mol. The van der Waals surface area contributed by atoms with Crippen LogP contribution in [0.4, 0.5) is 0 Å². The molecule has 0 bridgehead atoms. The minimum absolute atomic E-state index is 0.414. The Morgan fingerprint density at radius 2 is 1.76 bits per heavy atom. The monoisotopic (exact) mass is 307 g/mol. The van der Waals surface area contributed by atoms with Crippen LogP contribution < -0.4 is 5.32 Å². The van der Waals surface area contributed by atoms with Gasteiger partial charge in [-0.2, -0.15) is 0 Å². The lowest BCUT2D eigenvalue weighted by Gasteiger charge is -2.29. The maximum absolute atomic E-state index is 12.5. The molecule has 1 fully saturated rings. The Morgan fingerprint density at radius 3 is 2.33 bits per heavy atom. The van der Waals surface area contributed by atoms with Gasteiger partial charge >= 0.3 is 0 Å². The molecule has 2 atom stereocenters. The molecule has 1 N–H and O–H groups in total. The minimum atomic E-state index is -0.782. The van der Waals surface area contributed by atoms with Gasteiger partial charge in [0.05, 0.1) is 0 Å². The normalized spacial score (nSPS) is 19.4. The molecule has 0 saturated heterocycles. The molecule has 1 saturated carbocycles. The van der Waals surface area contributed by atoms with Gasteiger partial charge in [-0.3, -0.25) is 4.21 Å². The van der Waals surface area contributed by atoms with E-state index in [1.54, 1.807) is 0 Å². The second-order valence-electron chi connectivity index (χ2n) is 6.54. The third-order valence-corrected chi connectivity index (χ3v) is 5.95. The van der Waals surface area contributed by atoms with Gasteiger partial charge in [0.25, 0.3) is 0 Å². The summed E-state index contributed by atoms with van der Waals surface area (Å²) in [6.45, 7) is 4.22. The summed E-state index contributed by atoms with van der Waals surface area (Å²) in [4.78, 5) is 0. The van der Waals surface area contributed by atoms with Crippen molar-refractivity contribution < 1.29 is 4.21 Å². The van der Waals surface area contributed by atoms with E-state index in [0.717, 1.165) is 5.75 Å². The Balaban J connectivity index is 1.92. The molecule has 0 aliphatic heterocycles. The summed E-state index contributed by atoms with van der Waals surface area (Å²) in [6.07, 6.45) is 6.65. The molecule has 0 heterocycles. The van der Waals surface area contributed by atoms with Crippen molar-refractivity contribution in [2.24, 2.45) is 5.92 Å². The van der Waals surface area contributed by atoms with Crippen molar-refractivity contribution in [2.45, 2.75) is 57.7 Å². The van der Waals surface area contributed by atoms with Gasteiger partial charge in [0.15, 0.2) is 0 Å². The summed E-state index contributed by atoms with van der Waals surface area (Å²) >= 11 is 0. The first-order valence-electron chi connectivity index (χ1n) is 8.18. The van der Waals surface area contributed by atoms with Gasteiger partial charge in [0.1, 0.15) is 0 Å². The summed E-state index contributed by atoms with van der Waals surface area (Å²) in [7, 11) is 1.24. The zero-order valence-corrected chi connectivity index (χ0v) is 14.5. The van der Waals surface area contributed by atoms with Crippen LogP contribution in [0, 0.1) is 19.8 Å². The number of nitrogens with one attached hydrogen (secondary N) is 1. The quantitative estimate of drug-likeness (QED) is 0.868. The van der Waals surface area contributed by atoms with Crippen molar-refractivity contribution in [3.05, 3.63) is 34.9 Å². The lowest BCUT2D eigenvalue weighted by atomic mass is 9.84. The number of hydrogen-bond acceptors (Lipinski definition) is 2. The molecule has 0 spiro atoms. The van der Waals surface area contributed by atoms with Crippen LogP contribution in [-0.4, -0.2) is 23.1 Å². The van der Waals surface area contributed by atoms with Crippen LogP contribution in [0.15, 0.2) is 18.2 Å². The second kappa shape index (κ2) is 8.09. The van der Waals surface area contributed by atoms with Crippen molar-refractivity contribution in [3.8, 4) is 0 Å². The molecule has 0 aromatic heterocycles. The van der Waals surface area contributed by atoms with Crippen molar-refractivity contribution in [3.63, 3.8) is 0 Å². The lowest BCUT2D eigenvalue weighted by molar-refractivity contribution is 0.294.